The molecule has 1 amide bonds. The molecule has 2 aromatic heterocycles. The Bertz CT molecular complexity index is 782. The van der Waals surface area contributed by atoms with Gasteiger partial charge in [-0.3, -0.25) is 20.0 Å². The number of nitrogens with one attached hydrogen (secondary N) is 2. The molecule has 22 heavy (non-hydrogen) atoms. The Morgan fingerprint density at radius 3 is 2.91 bits per heavy atom. The van der Waals surface area contributed by atoms with E-state index in [4.69, 9.17) is 0 Å². The van der Waals surface area contributed by atoms with Crippen LogP contribution in [0.4, 0.5) is 14.7 Å². The summed E-state index contributed by atoms with van der Waals surface area (Å²) in [5.74, 6) is -3.51. The predicted octanol–water partition coefficient (Wildman–Crippen LogP) is 1.35. The summed E-state index contributed by atoms with van der Waals surface area (Å²) in [6, 6.07) is 1.38. The monoisotopic (exact) mass is 311 g/mol. The smallest absolute Gasteiger partial charge is 0.274 e. The Morgan fingerprint density at radius 1 is 1.55 bits per heavy atom. The fraction of sp³-hybridized carbons (Fsp3) is 0.538. The van der Waals surface area contributed by atoms with Gasteiger partial charge < -0.3 is 0 Å². The van der Waals surface area contributed by atoms with Gasteiger partial charge in [0.2, 0.25) is 11.9 Å². The van der Waals surface area contributed by atoms with E-state index in [1.165, 1.54) is 6.07 Å². The van der Waals surface area contributed by atoms with Crippen LogP contribution in [0.5, 0.6) is 0 Å². The molecule has 2 heterocycles. The molecule has 118 valence electrons. The van der Waals surface area contributed by atoms with Gasteiger partial charge in [0.1, 0.15) is 0 Å². The number of H-pyrrole nitrogens is 1. The van der Waals surface area contributed by atoms with Crippen LogP contribution >= 0.6 is 0 Å². The maximum Gasteiger partial charge on any atom is 0.274 e. The van der Waals surface area contributed by atoms with E-state index in [0.717, 1.165) is 4.52 Å². The number of aromatic nitrogens is 4. The number of hydrogen-bond donors (Lipinski definition) is 2. The number of hydrogen-bond acceptors (Lipinski definition) is 4. The van der Waals surface area contributed by atoms with Crippen molar-refractivity contribution in [3.05, 3.63) is 22.1 Å². The van der Waals surface area contributed by atoms with E-state index in [1.54, 1.807) is 0 Å². The molecule has 1 atom stereocenters. The molecule has 9 heteroatoms. The number of fused-ring (bicyclic) bond motifs is 1. The van der Waals surface area contributed by atoms with Crippen LogP contribution in [0.25, 0.3) is 5.78 Å². The first-order valence-corrected chi connectivity index (χ1v) is 7.05. The van der Waals surface area contributed by atoms with Crippen LogP contribution < -0.4 is 10.9 Å². The predicted molar refractivity (Wildman–Crippen MR) is 73.9 cm³/mol. The highest BCUT2D eigenvalue weighted by molar-refractivity contribution is 5.89. The first kappa shape index (κ1) is 14.6. The summed E-state index contributed by atoms with van der Waals surface area (Å²) < 4.78 is 26.6. The molecule has 2 N–H and O–H groups in total. The maximum absolute atomic E-state index is 12.7. The van der Waals surface area contributed by atoms with Crippen molar-refractivity contribution in [3.63, 3.8) is 0 Å². The molecule has 2 aromatic rings. The van der Waals surface area contributed by atoms with Crippen molar-refractivity contribution in [3.8, 4) is 0 Å². The largest absolute Gasteiger partial charge is 0.295 e. The molecule has 0 bridgehead atoms. The van der Waals surface area contributed by atoms with E-state index in [0.29, 0.717) is 12.1 Å². The minimum Gasteiger partial charge on any atom is -0.295 e. The van der Waals surface area contributed by atoms with E-state index in [1.807, 2.05) is 6.92 Å². The van der Waals surface area contributed by atoms with Crippen LogP contribution in [-0.4, -0.2) is 31.4 Å². The lowest BCUT2D eigenvalue weighted by atomic mass is 10.2. The average Bonchev–Trinajstić information content (AvgIpc) is 2.87. The zero-order valence-corrected chi connectivity index (χ0v) is 11.9. The molecule has 1 fully saturated rings. The second-order valence-electron chi connectivity index (χ2n) is 5.40. The SMILES string of the molecule is CCc1cc(=O)n2[nH]c(NC(=O)CCC3CC3(F)F)nc2n1. The van der Waals surface area contributed by atoms with E-state index in [-0.39, 0.29) is 36.5 Å². The van der Waals surface area contributed by atoms with Gasteiger partial charge in [0.05, 0.1) is 0 Å². The van der Waals surface area contributed by atoms with Crippen LogP contribution in [0.3, 0.4) is 0 Å². The summed E-state index contributed by atoms with van der Waals surface area (Å²) >= 11 is 0. The van der Waals surface area contributed by atoms with Gasteiger partial charge in [-0.2, -0.15) is 9.50 Å². The number of alkyl halides is 2. The molecule has 7 nitrogen and oxygen atoms in total. The molecule has 1 saturated carbocycles. The maximum atomic E-state index is 12.7. The molecule has 0 spiro atoms. The summed E-state index contributed by atoms with van der Waals surface area (Å²) in [7, 11) is 0. The van der Waals surface area contributed by atoms with Crippen molar-refractivity contribution in [2.75, 3.05) is 5.32 Å². The minimum atomic E-state index is -2.62. The van der Waals surface area contributed by atoms with E-state index >= 15 is 0 Å². The molecular weight excluding hydrogens is 296 g/mol. The summed E-state index contributed by atoms with van der Waals surface area (Å²) in [6.07, 6.45) is 0.566. The van der Waals surface area contributed by atoms with E-state index in [9.17, 15) is 18.4 Å². The normalized spacial score (nSPS) is 19.3. The van der Waals surface area contributed by atoms with Gasteiger partial charge in [0.15, 0.2) is 0 Å². The lowest BCUT2D eigenvalue weighted by Crippen LogP contribution is -2.16. The number of amides is 1. The molecule has 0 saturated heterocycles. The Kier molecular flexibility index (Phi) is 3.42. The number of halogens is 2. The number of carbonyl (C=O) groups is 1. The lowest BCUT2D eigenvalue weighted by Gasteiger charge is -2.00. The van der Waals surface area contributed by atoms with Crippen LogP contribution in [0.1, 0.15) is 31.9 Å². The highest BCUT2D eigenvalue weighted by atomic mass is 19.3. The first-order valence-electron chi connectivity index (χ1n) is 7.05. The Labute approximate surface area is 123 Å². The van der Waals surface area contributed by atoms with Crippen LogP contribution in [0, 0.1) is 5.92 Å². The third-order valence-corrected chi connectivity index (χ3v) is 3.68. The van der Waals surface area contributed by atoms with Crippen molar-refractivity contribution in [1.82, 2.24) is 19.6 Å². The molecule has 3 rings (SSSR count). The number of aromatic amines is 1. The number of rotatable bonds is 5. The van der Waals surface area contributed by atoms with Crippen molar-refractivity contribution in [2.24, 2.45) is 5.92 Å². The average molecular weight is 311 g/mol. The molecule has 0 aliphatic heterocycles. The second kappa shape index (κ2) is 5.15. The summed E-state index contributed by atoms with van der Waals surface area (Å²) in [5, 5.41) is 5.07. The van der Waals surface area contributed by atoms with Crippen LogP contribution in [0.15, 0.2) is 10.9 Å². The summed E-state index contributed by atoms with van der Waals surface area (Å²) in [4.78, 5) is 31.7. The minimum absolute atomic E-state index is 0.0140. The van der Waals surface area contributed by atoms with Crippen molar-refractivity contribution in [1.29, 1.82) is 0 Å². The molecular formula is C13H15F2N5O2. The number of nitrogens with zero attached hydrogens (tertiary/aromatic N) is 3. The quantitative estimate of drug-likeness (QED) is 0.872. The molecule has 1 unspecified atom stereocenters. The van der Waals surface area contributed by atoms with Gasteiger partial charge in [0.25, 0.3) is 17.3 Å². The molecule has 1 aliphatic carbocycles. The van der Waals surface area contributed by atoms with Crippen molar-refractivity contribution in [2.45, 2.75) is 38.5 Å². The van der Waals surface area contributed by atoms with Crippen LogP contribution in [-0.2, 0) is 11.2 Å². The standard InChI is InChI=1S/C13H15F2N5O2/c1-2-8-5-10(22)20-12(16-8)18-11(19-20)17-9(21)4-3-7-6-13(7,14)15/h5,7H,2-4,6H2,1H3,(H2,16,17,18,19,21). The lowest BCUT2D eigenvalue weighted by molar-refractivity contribution is -0.116. The Balaban J connectivity index is 1.67. The fourth-order valence-corrected chi connectivity index (χ4v) is 2.25. The molecule has 0 aromatic carbocycles. The third-order valence-electron chi connectivity index (χ3n) is 3.68. The topological polar surface area (TPSA) is 92.2 Å². The molecule has 1 aliphatic rings. The van der Waals surface area contributed by atoms with Crippen molar-refractivity contribution < 1.29 is 13.6 Å². The number of anilines is 1. The zero-order chi connectivity index (χ0) is 15.9. The van der Waals surface area contributed by atoms with Gasteiger partial charge in [-0.25, -0.2) is 13.8 Å². The molecule has 0 radical (unpaired) electrons. The third kappa shape index (κ3) is 2.83. The van der Waals surface area contributed by atoms with Crippen LogP contribution in [0.2, 0.25) is 0 Å². The zero-order valence-electron chi connectivity index (χ0n) is 11.9. The van der Waals surface area contributed by atoms with Gasteiger partial charge in [-0.05, 0) is 12.8 Å². The summed E-state index contributed by atoms with van der Waals surface area (Å²) in [5.41, 5.74) is 0.276. The van der Waals surface area contributed by atoms with E-state index < -0.39 is 17.7 Å². The van der Waals surface area contributed by atoms with Gasteiger partial charge in [0, 0.05) is 30.5 Å². The Hall–Kier alpha value is -2.32. The van der Waals surface area contributed by atoms with E-state index in [2.05, 4.69) is 20.4 Å². The highest BCUT2D eigenvalue weighted by Crippen LogP contribution is 2.51. The highest BCUT2D eigenvalue weighted by Gasteiger charge is 2.56. The van der Waals surface area contributed by atoms with Gasteiger partial charge in [-0.1, -0.05) is 6.92 Å². The first-order chi connectivity index (χ1) is 10.4. The second-order valence-corrected chi connectivity index (χ2v) is 5.40. The van der Waals surface area contributed by atoms with Gasteiger partial charge in [-0.15, -0.1) is 0 Å². The fourth-order valence-electron chi connectivity index (χ4n) is 2.25. The Morgan fingerprint density at radius 2 is 2.27 bits per heavy atom. The van der Waals surface area contributed by atoms with Gasteiger partial charge >= 0.3 is 0 Å². The summed E-state index contributed by atoms with van der Waals surface area (Å²) in [6.45, 7) is 1.86. The number of carbonyl (C=O) groups excluding carboxylic acids is 1. The van der Waals surface area contributed by atoms with Crippen molar-refractivity contribution >= 4 is 17.6 Å². The number of aryl methyl sites for hydroxylation is 1.